The predicted octanol–water partition coefficient (Wildman–Crippen LogP) is 2.05. The van der Waals surface area contributed by atoms with Crippen molar-refractivity contribution in [2.24, 2.45) is 0 Å². The van der Waals surface area contributed by atoms with Crippen LogP contribution in [0.25, 0.3) is 0 Å². The van der Waals surface area contributed by atoms with Gasteiger partial charge in [-0.05, 0) is 17.9 Å². The van der Waals surface area contributed by atoms with Gasteiger partial charge in [0.1, 0.15) is 0 Å². The molecule has 1 unspecified atom stereocenters. The van der Waals surface area contributed by atoms with Crippen LogP contribution in [0.3, 0.4) is 0 Å². The molecule has 0 radical (unpaired) electrons. The van der Waals surface area contributed by atoms with Gasteiger partial charge in [0.05, 0.1) is 0 Å². The lowest BCUT2D eigenvalue weighted by molar-refractivity contribution is -0.148. The summed E-state index contributed by atoms with van der Waals surface area (Å²) in [6, 6.07) is 7.76. The Morgan fingerprint density at radius 1 is 1.53 bits per heavy atom. The van der Waals surface area contributed by atoms with E-state index < -0.39 is 12.1 Å². The minimum absolute atomic E-state index is 0.406. The van der Waals surface area contributed by atoms with Crippen LogP contribution in [-0.4, -0.2) is 30.5 Å². The highest BCUT2D eigenvalue weighted by Gasteiger charge is 2.17. The van der Waals surface area contributed by atoms with E-state index in [-0.39, 0.29) is 0 Å². The Labute approximate surface area is 93.4 Å². The molecular weight excluding hydrogens is 212 g/mol. The molecule has 1 rings (SSSR count). The summed E-state index contributed by atoms with van der Waals surface area (Å²) in [5, 5.41) is 8.87. The third kappa shape index (κ3) is 3.25. The molecule has 0 saturated heterocycles. The molecule has 1 aromatic rings. The van der Waals surface area contributed by atoms with Gasteiger partial charge in [0, 0.05) is 18.4 Å². The standard InChI is InChI=1S/C11H14O3S/c1-14-9(11(12)13)7-8-5-3-4-6-10(8)15-2/h3-6,9H,7H2,1-2H3,(H,12,13). The van der Waals surface area contributed by atoms with Gasteiger partial charge in [-0.2, -0.15) is 0 Å². The smallest absolute Gasteiger partial charge is 0.333 e. The topological polar surface area (TPSA) is 46.5 Å². The van der Waals surface area contributed by atoms with E-state index in [2.05, 4.69) is 0 Å². The van der Waals surface area contributed by atoms with Crippen LogP contribution in [0.1, 0.15) is 5.56 Å². The van der Waals surface area contributed by atoms with Gasteiger partial charge in [-0.25, -0.2) is 4.79 Å². The van der Waals surface area contributed by atoms with Crippen LogP contribution < -0.4 is 0 Å². The molecule has 0 fully saturated rings. The highest BCUT2D eigenvalue weighted by atomic mass is 32.2. The van der Waals surface area contributed by atoms with Gasteiger partial charge in [-0.15, -0.1) is 11.8 Å². The molecule has 0 aliphatic heterocycles. The van der Waals surface area contributed by atoms with E-state index >= 15 is 0 Å². The fourth-order valence-electron chi connectivity index (χ4n) is 1.34. The second-order valence-electron chi connectivity index (χ2n) is 3.08. The molecule has 0 aromatic heterocycles. The van der Waals surface area contributed by atoms with Crippen LogP contribution in [0.2, 0.25) is 0 Å². The van der Waals surface area contributed by atoms with Gasteiger partial charge in [0.15, 0.2) is 6.10 Å². The Bertz CT molecular complexity index is 338. The third-order valence-corrected chi connectivity index (χ3v) is 3.00. The molecule has 0 heterocycles. The number of ether oxygens (including phenoxy) is 1. The number of carbonyl (C=O) groups is 1. The fourth-order valence-corrected chi connectivity index (χ4v) is 1.97. The summed E-state index contributed by atoms with van der Waals surface area (Å²) in [4.78, 5) is 11.9. The molecule has 0 saturated carbocycles. The Kier molecular flexibility index (Phi) is 4.65. The highest BCUT2D eigenvalue weighted by Crippen LogP contribution is 2.21. The first-order valence-corrected chi connectivity index (χ1v) is 5.79. The van der Waals surface area contributed by atoms with Crippen molar-refractivity contribution in [3.8, 4) is 0 Å². The lowest BCUT2D eigenvalue weighted by Crippen LogP contribution is -2.25. The number of carboxylic acids is 1. The minimum Gasteiger partial charge on any atom is -0.479 e. The monoisotopic (exact) mass is 226 g/mol. The zero-order valence-electron chi connectivity index (χ0n) is 8.77. The predicted molar refractivity (Wildman–Crippen MR) is 60.4 cm³/mol. The summed E-state index contributed by atoms with van der Waals surface area (Å²) in [6.45, 7) is 0. The van der Waals surface area contributed by atoms with Crippen molar-refractivity contribution in [2.75, 3.05) is 13.4 Å². The molecule has 1 aromatic carbocycles. The van der Waals surface area contributed by atoms with Crippen molar-refractivity contribution in [2.45, 2.75) is 17.4 Å². The van der Waals surface area contributed by atoms with E-state index in [9.17, 15) is 4.79 Å². The number of rotatable bonds is 5. The molecule has 1 atom stereocenters. The number of benzene rings is 1. The molecule has 0 bridgehead atoms. The van der Waals surface area contributed by atoms with Crippen LogP contribution in [0.15, 0.2) is 29.2 Å². The average Bonchev–Trinajstić information content (AvgIpc) is 2.25. The molecule has 0 amide bonds. The lowest BCUT2D eigenvalue weighted by Gasteiger charge is -2.12. The van der Waals surface area contributed by atoms with E-state index in [1.54, 1.807) is 11.8 Å². The average molecular weight is 226 g/mol. The van der Waals surface area contributed by atoms with E-state index in [1.165, 1.54) is 7.11 Å². The number of methoxy groups -OCH3 is 1. The molecule has 1 N–H and O–H groups in total. The first-order chi connectivity index (χ1) is 7.19. The molecule has 0 aliphatic rings. The highest BCUT2D eigenvalue weighted by molar-refractivity contribution is 7.98. The number of hydrogen-bond acceptors (Lipinski definition) is 3. The van der Waals surface area contributed by atoms with Crippen molar-refractivity contribution in [3.63, 3.8) is 0 Å². The van der Waals surface area contributed by atoms with E-state index in [0.717, 1.165) is 10.5 Å². The number of aliphatic carboxylic acids is 1. The molecule has 0 aliphatic carbocycles. The maximum absolute atomic E-state index is 10.8. The first-order valence-electron chi connectivity index (χ1n) is 4.56. The summed E-state index contributed by atoms with van der Waals surface area (Å²) >= 11 is 1.61. The largest absolute Gasteiger partial charge is 0.479 e. The summed E-state index contributed by atoms with van der Waals surface area (Å²) in [7, 11) is 1.42. The molecular formula is C11H14O3S. The maximum Gasteiger partial charge on any atom is 0.333 e. The van der Waals surface area contributed by atoms with E-state index in [0.29, 0.717) is 6.42 Å². The van der Waals surface area contributed by atoms with E-state index in [4.69, 9.17) is 9.84 Å². The van der Waals surface area contributed by atoms with Crippen LogP contribution in [0.5, 0.6) is 0 Å². The maximum atomic E-state index is 10.8. The van der Waals surface area contributed by atoms with Crippen LogP contribution in [0.4, 0.5) is 0 Å². The Hall–Kier alpha value is -1.00. The number of thioether (sulfide) groups is 1. The first kappa shape index (κ1) is 12.1. The van der Waals surface area contributed by atoms with Crippen molar-refractivity contribution in [3.05, 3.63) is 29.8 Å². The fraction of sp³-hybridized carbons (Fsp3) is 0.364. The van der Waals surface area contributed by atoms with Crippen molar-refractivity contribution in [1.82, 2.24) is 0 Å². The second-order valence-corrected chi connectivity index (χ2v) is 3.93. The van der Waals surface area contributed by atoms with Crippen LogP contribution >= 0.6 is 11.8 Å². The summed E-state index contributed by atoms with van der Waals surface area (Å²) in [5.41, 5.74) is 1.01. The molecule has 82 valence electrons. The summed E-state index contributed by atoms with van der Waals surface area (Å²) in [5.74, 6) is -0.923. The van der Waals surface area contributed by atoms with Gasteiger partial charge >= 0.3 is 5.97 Å². The Morgan fingerprint density at radius 3 is 2.73 bits per heavy atom. The lowest BCUT2D eigenvalue weighted by atomic mass is 10.1. The SMILES string of the molecule is COC(Cc1ccccc1SC)C(=O)O. The Morgan fingerprint density at radius 2 is 2.20 bits per heavy atom. The Balaban J connectivity index is 2.82. The normalized spacial score (nSPS) is 12.4. The minimum atomic E-state index is -0.923. The van der Waals surface area contributed by atoms with Gasteiger partial charge in [-0.3, -0.25) is 0 Å². The number of carboxylic acid groups (broad SMARTS) is 1. The van der Waals surface area contributed by atoms with Gasteiger partial charge in [0.2, 0.25) is 0 Å². The van der Waals surface area contributed by atoms with Gasteiger partial charge in [0.25, 0.3) is 0 Å². The van der Waals surface area contributed by atoms with E-state index in [1.807, 2.05) is 30.5 Å². The van der Waals surface area contributed by atoms with Crippen LogP contribution in [0, 0.1) is 0 Å². The number of hydrogen-bond donors (Lipinski definition) is 1. The second kappa shape index (κ2) is 5.78. The zero-order chi connectivity index (χ0) is 11.3. The van der Waals surface area contributed by atoms with Gasteiger partial charge < -0.3 is 9.84 Å². The summed E-state index contributed by atoms with van der Waals surface area (Å²) < 4.78 is 4.91. The van der Waals surface area contributed by atoms with Crippen molar-refractivity contribution >= 4 is 17.7 Å². The zero-order valence-corrected chi connectivity index (χ0v) is 9.58. The summed E-state index contributed by atoms with van der Waals surface area (Å²) in [6.07, 6.45) is 1.61. The molecule has 0 spiro atoms. The van der Waals surface area contributed by atoms with Crippen molar-refractivity contribution < 1.29 is 14.6 Å². The quantitative estimate of drug-likeness (QED) is 0.781. The van der Waals surface area contributed by atoms with Gasteiger partial charge in [-0.1, -0.05) is 18.2 Å². The van der Waals surface area contributed by atoms with Crippen molar-refractivity contribution in [1.29, 1.82) is 0 Å². The third-order valence-electron chi connectivity index (χ3n) is 2.16. The molecule has 4 heteroatoms. The molecule has 3 nitrogen and oxygen atoms in total. The van der Waals surface area contributed by atoms with Crippen LogP contribution in [-0.2, 0) is 16.0 Å². The molecule has 15 heavy (non-hydrogen) atoms.